The summed E-state index contributed by atoms with van der Waals surface area (Å²) in [6, 6.07) is 5.29. The lowest BCUT2D eigenvalue weighted by Crippen LogP contribution is -2.17. The number of nitrogen functional groups attached to an aromatic ring is 1. The number of phenols is 1. The van der Waals surface area contributed by atoms with Crippen LogP contribution in [0.3, 0.4) is 0 Å². The number of anilines is 1. The van der Waals surface area contributed by atoms with E-state index in [4.69, 9.17) is 16.6 Å². The first-order valence-electron chi connectivity index (χ1n) is 3.92. The molecule has 0 fully saturated rings. The lowest BCUT2D eigenvalue weighted by atomic mass is 10.1. The molecular weight excluding hydrogens is 152 g/mol. The Morgan fingerprint density at radius 3 is 2.67 bits per heavy atom. The monoisotopic (exact) mass is 166 g/mol. The number of nitrogens with two attached hydrogens (primary N) is 2. The highest BCUT2D eigenvalue weighted by Gasteiger charge is 2.00. The molecular formula is C9H14N2O. The van der Waals surface area contributed by atoms with Gasteiger partial charge < -0.3 is 16.6 Å². The van der Waals surface area contributed by atoms with Crippen LogP contribution in [0.25, 0.3) is 0 Å². The van der Waals surface area contributed by atoms with Crippen LogP contribution in [-0.4, -0.2) is 11.1 Å². The van der Waals surface area contributed by atoms with Crippen molar-refractivity contribution >= 4 is 5.69 Å². The van der Waals surface area contributed by atoms with E-state index in [1.807, 2.05) is 13.0 Å². The number of benzene rings is 1. The summed E-state index contributed by atoms with van der Waals surface area (Å²) in [5.74, 6) is 0.128. The van der Waals surface area contributed by atoms with Crippen molar-refractivity contribution in [1.29, 1.82) is 0 Å². The first kappa shape index (κ1) is 8.87. The molecule has 1 rings (SSSR count). The Hall–Kier alpha value is -1.22. The number of aromatic hydroxyl groups is 1. The lowest BCUT2D eigenvalue weighted by Gasteiger charge is -2.06. The van der Waals surface area contributed by atoms with Crippen LogP contribution in [0.2, 0.25) is 0 Å². The molecule has 3 nitrogen and oxygen atoms in total. The van der Waals surface area contributed by atoms with Crippen molar-refractivity contribution in [2.24, 2.45) is 5.73 Å². The molecule has 12 heavy (non-hydrogen) atoms. The van der Waals surface area contributed by atoms with Crippen LogP contribution in [0.5, 0.6) is 5.75 Å². The van der Waals surface area contributed by atoms with Gasteiger partial charge in [0.05, 0.1) is 5.69 Å². The smallest absolute Gasteiger partial charge is 0.138 e. The Labute approximate surface area is 72.0 Å². The van der Waals surface area contributed by atoms with E-state index in [2.05, 4.69) is 0 Å². The van der Waals surface area contributed by atoms with E-state index in [-0.39, 0.29) is 11.8 Å². The van der Waals surface area contributed by atoms with Crippen molar-refractivity contribution in [1.82, 2.24) is 0 Å². The Balaban J connectivity index is 2.82. The summed E-state index contributed by atoms with van der Waals surface area (Å²) in [5.41, 5.74) is 12.6. The van der Waals surface area contributed by atoms with Crippen molar-refractivity contribution in [3.63, 3.8) is 0 Å². The lowest BCUT2D eigenvalue weighted by molar-refractivity contribution is 0.477. The minimum absolute atomic E-state index is 0.119. The molecule has 0 saturated heterocycles. The third-order valence-electron chi connectivity index (χ3n) is 1.65. The van der Waals surface area contributed by atoms with Crippen molar-refractivity contribution in [2.75, 3.05) is 5.73 Å². The average molecular weight is 166 g/mol. The minimum atomic E-state index is 0.119. The first-order chi connectivity index (χ1) is 5.59. The molecule has 0 aliphatic carbocycles. The van der Waals surface area contributed by atoms with Crippen molar-refractivity contribution in [2.45, 2.75) is 19.4 Å². The van der Waals surface area contributed by atoms with Crippen molar-refractivity contribution < 1.29 is 5.11 Å². The van der Waals surface area contributed by atoms with Gasteiger partial charge in [0.1, 0.15) is 5.75 Å². The Morgan fingerprint density at radius 2 is 2.17 bits per heavy atom. The van der Waals surface area contributed by atoms with Gasteiger partial charge in [0.15, 0.2) is 0 Å². The van der Waals surface area contributed by atoms with Gasteiger partial charge in [0.2, 0.25) is 0 Å². The zero-order valence-electron chi connectivity index (χ0n) is 7.12. The normalized spacial score (nSPS) is 12.8. The van der Waals surface area contributed by atoms with Crippen LogP contribution >= 0.6 is 0 Å². The van der Waals surface area contributed by atoms with Crippen LogP contribution in [0.1, 0.15) is 12.5 Å². The number of rotatable bonds is 2. The summed E-state index contributed by atoms with van der Waals surface area (Å²) >= 11 is 0. The highest BCUT2D eigenvalue weighted by molar-refractivity contribution is 5.53. The molecule has 0 heterocycles. The Morgan fingerprint density at radius 1 is 1.50 bits per heavy atom. The second-order valence-electron chi connectivity index (χ2n) is 3.07. The van der Waals surface area contributed by atoms with Crippen LogP contribution in [0.15, 0.2) is 18.2 Å². The molecule has 0 bridgehead atoms. The predicted octanol–water partition coefficient (Wildman–Crippen LogP) is 0.864. The molecule has 66 valence electrons. The van der Waals surface area contributed by atoms with E-state index >= 15 is 0 Å². The zero-order valence-corrected chi connectivity index (χ0v) is 7.12. The summed E-state index contributed by atoms with van der Waals surface area (Å²) < 4.78 is 0. The standard InChI is InChI=1S/C9H14N2O/c1-6(10)4-7-2-3-9(12)8(11)5-7/h2-3,5-6,12H,4,10-11H2,1H3/t6-/m1/s1. The zero-order chi connectivity index (χ0) is 9.14. The molecule has 0 amide bonds. The largest absolute Gasteiger partial charge is 0.506 e. The molecule has 0 aliphatic rings. The molecule has 0 radical (unpaired) electrons. The predicted molar refractivity (Wildman–Crippen MR) is 49.9 cm³/mol. The highest BCUT2D eigenvalue weighted by atomic mass is 16.3. The molecule has 0 aromatic heterocycles. The summed E-state index contributed by atoms with van der Waals surface area (Å²) in [5, 5.41) is 9.12. The first-order valence-corrected chi connectivity index (χ1v) is 3.92. The fraction of sp³-hybridized carbons (Fsp3) is 0.333. The van der Waals surface area contributed by atoms with E-state index < -0.39 is 0 Å². The molecule has 0 saturated carbocycles. The van der Waals surface area contributed by atoms with Crippen LogP contribution in [0, 0.1) is 0 Å². The SMILES string of the molecule is C[C@@H](N)Cc1ccc(O)c(N)c1. The van der Waals surface area contributed by atoms with E-state index in [1.54, 1.807) is 12.1 Å². The Bertz CT molecular complexity index is 271. The fourth-order valence-corrected chi connectivity index (χ4v) is 1.10. The summed E-state index contributed by atoms with van der Waals surface area (Å²) in [6.07, 6.45) is 0.782. The second-order valence-corrected chi connectivity index (χ2v) is 3.07. The summed E-state index contributed by atoms with van der Waals surface area (Å²) in [4.78, 5) is 0. The van der Waals surface area contributed by atoms with E-state index in [0.29, 0.717) is 5.69 Å². The van der Waals surface area contributed by atoms with Gasteiger partial charge in [-0.3, -0.25) is 0 Å². The number of hydrogen-bond acceptors (Lipinski definition) is 3. The topological polar surface area (TPSA) is 72.3 Å². The maximum Gasteiger partial charge on any atom is 0.138 e. The van der Waals surface area contributed by atoms with Crippen molar-refractivity contribution in [3.05, 3.63) is 23.8 Å². The molecule has 1 aromatic carbocycles. The molecule has 0 spiro atoms. The molecule has 1 atom stereocenters. The third kappa shape index (κ3) is 2.13. The second kappa shape index (κ2) is 3.45. The van der Waals surface area contributed by atoms with E-state index in [1.165, 1.54) is 0 Å². The molecule has 3 heteroatoms. The van der Waals surface area contributed by atoms with Gasteiger partial charge in [-0.05, 0) is 31.0 Å². The van der Waals surface area contributed by atoms with Gasteiger partial charge in [-0.1, -0.05) is 6.07 Å². The number of phenolic OH excluding ortho intramolecular Hbond substituents is 1. The van der Waals surface area contributed by atoms with Crippen molar-refractivity contribution in [3.8, 4) is 5.75 Å². The van der Waals surface area contributed by atoms with Gasteiger partial charge in [-0.25, -0.2) is 0 Å². The molecule has 0 unspecified atom stereocenters. The van der Waals surface area contributed by atoms with E-state index in [9.17, 15) is 0 Å². The van der Waals surface area contributed by atoms with Gasteiger partial charge in [0, 0.05) is 6.04 Å². The average Bonchev–Trinajstić information content (AvgIpc) is 1.96. The summed E-state index contributed by atoms with van der Waals surface area (Å²) in [6.45, 7) is 1.93. The minimum Gasteiger partial charge on any atom is -0.506 e. The maximum absolute atomic E-state index is 9.12. The number of hydrogen-bond donors (Lipinski definition) is 3. The van der Waals surface area contributed by atoms with Gasteiger partial charge in [0.25, 0.3) is 0 Å². The Kier molecular flexibility index (Phi) is 2.55. The third-order valence-corrected chi connectivity index (χ3v) is 1.65. The van der Waals surface area contributed by atoms with Gasteiger partial charge in [-0.2, -0.15) is 0 Å². The molecule has 1 aromatic rings. The molecule has 0 aliphatic heterocycles. The summed E-state index contributed by atoms with van der Waals surface area (Å²) in [7, 11) is 0. The fourth-order valence-electron chi connectivity index (χ4n) is 1.10. The van der Waals surface area contributed by atoms with Gasteiger partial charge >= 0.3 is 0 Å². The maximum atomic E-state index is 9.12. The highest BCUT2D eigenvalue weighted by Crippen LogP contribution is 2.20. The van der Waals surface area contributed by atoms with E-state index in [0.717, 1.165) is 12.0 Å². The van der Waals surface area contributed by atoms with Crippen LogP contribution < -0.4 is 11.5 Å². The van der Waals surface area contributed by atoms with Crippen LogP contribution in [-0.2, 0) is 6.42 Å². The quantitative estimate of drug-likeness (QED) is 0.451. The van der Waals surface area contributed by atoms with Gasteiger partial charge in [-0.15, -0.1) is 0 Å². The molecule has 5 N–H and O–H groups in total. The van der Waals surface area contributed by atoms with Crippen LogP contribution in [0.4, 0.5) is 5.69 Å².